The molecule has 0 aromatic carbocycles. The second-order valence-electron chi connectivity index (χ2n) is 5.49. The van der Waals surface area contributed by atoms with Crippen molar-refractivity contribution in [2.75, 3.05) is 0 Å². The molecular weight excluding hydrogens is 290 g/mol. The highest BCUT2D eigenvalue weighted by atomic mass is 32.1. The molecule has 1 aromatic heterocycles. The maximum absolute atomic E-state index is 12.1. The second-order valence-corrected chi connectivity index (χ2v) is 6.42. The summed E-state index contributed by atoms with van der Waals surface area (Å²) in [5.41, 5.74) is -1.14. The van der Waals surface area contributed by atoms with E-state index in [1.807, 2.05) is 12.3 Å². The van der Waals surface area contributed by atoms with Crippen LogP contribution in [0.3, 0.4) is 0 Å². The molecule has 2 amide bonds. The van der Waals surface area contributed by atoms with Crippen LogP contribution in [0.25, 0.3) is 0 Å². The molecule has 1 unspecified atom stereocenters. The number of hydrogen-bond donors (Lipinski definition) is 3. The van der Waals surface area contributed by atoms with E-state index in [0.29, 0.717) is 12.8 Å². The van der Waals surface area contributed by atoms with Crippen molar-refractivity contribution in [3.8, 4) is 0 Å². The van der Waals surface area contributed by atoms with Crippen LogP contribution in [0.2, 0.25) is 0 Å². The Hall–Kier alpha value is -1.63. The zero-order chi connectivity index (χ0) is 15.3. The zero-order valence-electron chi connectivity index (χ0n) is 12.1. The molecule has 0 bridgehead atoms. The number of nitrogens with one attached hydrogen (secondary N) is 2. The van der Waals surface area contributed by atoms with Crippen molar-refractivity contribution in [3.63, 3.8) is 0 Å². The Labute approximate surface area is 128 Å². The Morgan fingerprint density at radius 3 is 2.52 bits per heavy atom. The number of aliphatic carboxylic acids is 1. The lowest BCUT2D eigenvalue weighted by Gasteiger charge is -2.29. The summed E-state index contributed by atoms with van der Waals surface area (Å²) < 4.78 is 0. The topological polar surface area (TPSA) is 91.3 Å². The van der Waals surface area contributed by atoms with Crippen LogP contribution in [0.5, 0.6) is 0 Å². The van der Waals surface area contributed by atoms with E-state index in [9.17, 15) is 14.7 Å². The molecule has 1 aliphatic rings. The first-order chi connectivity index (χ1) is 10.0. The van der Waals surface area contributed by atoms with Crippen molar-refractivity contribution in [2.24, 2.45) is 0 Å². The smallest absolute Gasteiger partial charge is 0.329 e. The van der Waals surface area contributed by atoms with E-state index in [-0.39, 0.29) is 6.04 Å². The number of carboxylic acid groups (broad SMARTS) is 1. The van der Waals surface area contributed by atoms with Gasteiger partial charge in [-0.25, -0.2) is 14.6 Å². The molecule has 0 spiro atoms. The molecule has 1 atom stereocenters. The van der Waals surface area contributed by atoms with Gasteiger partial charge in [-0.15, -0.1) is 11.3 Å². The van der Waals surface area contributed by atoms with Gasteiger partial charge in [0.25, 0.3) is 0 Å². The van der Waals surface area contributed by atoms with E-state index in [1.165, 1.54) is 11.3 Å². The summed E-state index contributed by atoms with van der Waals surface area (Å²) in [6, 6.07) is -0.677. The van der Waals surface area contributed by atoms with E-state index >= 15 is 0 Å². The van der Waals surface area contributed by atoms with Gasteiger partial charge in [-0.2, -0.15) is 0 Å². The van der Waals surface area contributed by atoms with Crippen LogP contribution in [-0.2, 0) is 4.79 Å². The third kappa shape index (κ3) is 3.93. The predicted octanol–water partition coefficient (Wildman–Crippen LogP) is 2.68. The fraction of sp³-hybridized carbons (Fsp3) is 0.643. The van der Waals surface area contributed by atoms with E-state index in [4.69, 9.17) is 0 Å². The summed E-state index contributed by atoms with van der Waals surface area (Å²) >= 11 is 1.46. The van der Waals surface area contributed by atoms with Crippen molar-refractivity contribution >= 4 is 23.3 Å². The Morgan fingerprint density at radius 1 is 1.33 bits per heavy atom. The number of amides is 2. The molecule has 1 saturated carbocycles. The highest BCUT2D eigenvalue weighted by molar-refractivity contribution is 7.09. The van der Waals surface area contributed by atoms with Gasteiger partial charge in [-0.05, 0) is 19.8 Å². The summed E-state index contributed by atoms with van der Waals surface area (Å²) in [5, 5.41) is 17.6. The molecule has 0 aliphatic heterocycles. The van der Waals surface area contributed by atoms with Crippen molar-refractivity contribution < 1.29 is 14.7 Å². The van der Waals surface area contributed by atoms with Crippen molar-refractivity contribution in [3.05, 3.63) is 16.6 Å². The number of aromatic nitrogens is 1. The van der Waals surface area contributed by atoms with Crippen molar-refractivity contribution in [2.45, 2.75) is 57.0 Å². The van der Waals surface area contributed by atoms with Crippen LogP contribution in [-0.4, -0.2) is 27.6 Å². The van der Waals surface area contributed by atoms with E-state index < -0.39 is 17.5 Å². The van der Waals surface area contributed by atoms with Crippen LogP contribution in [0, 0.1) is 0 Å². The molecule has 1 aromatic rings. The molecule has 21 heavy (non-hydrogen) atoms. The molecule has 116 valence electrons. The van der Waals surface area contributed by atoms with Crippen LogP contribution >= 0.6 is 11.3 Å². The lowest BCUT2D eigenvalue weighted by atomic mass is 9.90. The molecule has 2 rings (SSSR count). The summed E-state index contributed by atoms with van der Waals surface area (Å²) in [5.74, 6) is -0.943. The second kappa shape index (κ2) is 6.89. The quantitative estimate of drug-likeness (QED) is 0.746. The molecule has 1 heterocycles. The minimum atomic E-state index is -1.14. The maximum atomic E-state index is 12.1. The molecule has 7 heteroatoms. The molecular formula is C14H21N3O3S. The molecule has 1 aliphatic carbocycles. The molecule has 3 N–H and O–H groups in total. The lowest BCUT2D eigenvalue weighted by molar-refractivity contribution is -0.145. The van der Waals surface area contributed by atoms with Gasteiger partial charge in [0.15, 0.2) is 0 Å². The normalized spacial score (nSPS) is 19.3. The number of carboxylic acids is 1. The third-order valence-electron chi connectivity index (χ3n) is 3.89. The fourth-order valence-electron chi connectivity index (χ4n) is 2.68. The number of thiazole rings is 1. The minimum absolute atomic E-state index is 0.235. The van der Waals surface area contributed by atoms with Gasteiger partial charge in [-0.3, -0.25) is 0 Å². The van der Waals surface area contributed by atoms with Gasteiger partial charge in [0, 0.05) is 11.6 Å². The van der Waals surface area contributed by atoms with Gasteiger partial charge in [0.2, 0.25) is 0 Å². The first-order valence-corrected chi connectivity index (χ1v) is 8.13. The summed E-state index contributed by atoms with van der Waals surface area (Å²) in [6.07, 6.45) is 6.35. The van der Waals surface area contributed by atoms with E-state index in [2.05, 4.69) is 15.6 Å². The highest BCUT2D eigenvalue weighted by Crippen LogP contribution is 2.27. The molecule has 0 radical (unpaired) electrons. The zero-order valence-corrected chi connectivity index (χ0v) is 12.9. The number of urea groups is 1. The number of carbonyl (C=O) groups excluding carboxylic acids is 1. The summed E-state index contributed by atoms with van der Waals surface area (Å²) in [6.45, 7) is 1.83. The van der Waals surface area contributed by atoms with Gasteiger partial charge < -0.3 is 15.7 Å². The summed E-state index contributed by atoms with van der Waals surface area (Å²) in [7, 11) is 0. The lowest BCUT2D eigenvalue weighted by Crippen LogP contribution is -2.57. The number of nitrogens with zero attached hydrogens (tertiary/aromatic N) is 1. The van der Waals surface area contributed by atoms with E-state index in [0.717, 1.165) is 30.7 Å². The van der Waals surface area contributed by atoms with Crippen molar-refractivity contribution in [1.29, 1.82) is 0 Å². The van der Waals surface area contributed by atoms with Crippen LogP contribution in [0.1, 0.15) is 56.5 Å². The van der Waals surface area contributed by atoms with Crippen LogP contribution in [0.4, 0.5) is 4.79 Å². The van der Waals surface area contributed by atoms with Gasteiger partial charge in [0.05, 0.1) is 6.04 Å². The molecule has 0 saturated heterocycles. The minimum Gasteiger partial charge on any atom is -0.480 e. The third-order valence-corrected chi connectivity index (χ3v) is 4.85. The first kappa shape index (κ1) is 15.8. The van der Waals surface area contributed by atoms with Gasteiger partial charge in [-0.1, -0.05) is 25.7 Å². The Bertz CT molecular complexity index is 482. The first-order valence-electron chi connectivity index (χ1n) is 7.25. The number of hydrogen-bond acceptors (Lipinski definition) is 4. The average molecular weight is 311 g/mol. The number of rotatable bonds is 4. The molecule has 6 nitrogen and oxygen atoms in total. The number of carbonyl (C=O) groups is 2. The Kier molecular flexibility index (Phi) is 5.17. The SMILES string of the molecule is CC(NC(=O)NC1(C(=O)O)CCCCCC1)c1nccs1. The van der Waals surface area contributed by atoms with Crippen molar-refractivity contribution in [1.82, 2.24) is 15.6 Å². The monoisotopic (exact) mass is 311 g/mol. The van der Waals surface area contributed by atoms with Crippen LogP contribution in [0.15, 0.2) is 11.6 Å². The summed E-state index contributed by atoms with van der Waals surface area (Å²) in [4.78, 5) is 27.9. The average Bonchev–Trinajstić information content (AvgIpc) is 2.86. The highest BCUT2D eigenvalue weighted by Gasteiger charge is 2.40. The largest absolute Gasteiger partial charge is 0.480 e. The maximum Gasteiger partial charge on any atom is 0.329 e. The van der Waals surface area contributed by atoms with Gasteiger partial charge in [0.1, 0.15) is 10.5 Å². The Morgan fingerprint density at radius 2 is 2.00 bits per heavy atom. The van der Waals surface area contributed by atoms with E-state index in [1.54, 1.807) is 6.20 Å². The van der Waals surface area contributed by atoms with Gasteiger partial charge >= 0.3 is 12.0 Å². The molecule has 1 fully saturated rings. The van der Waals surface area contributed by atoms with Crippen LogP contribution < -0.4 is 10.6 Å². The standard InChI is InChI=1S/C14H21N3O3S/c1-10(11-15-8-9-21-11)16-13(20)17-14(12(18)19)6-4-2-3-5-7-14/h8-10H,2-7H2,1H3,(H,18,19)(H2,16,17,20). The Balaban J connectivity index is 1.99. The predicted molar refractivity (Wildman–Crippen MR) is 80.3 cm³/mol. The fourth-order valence-corrected chi connectivity index (χ4v) is 3.33.